The second-order valence-corrected chi connectivity index (χ2v) is 3.73. The Morgan fingerprint density at radius 1 is 1.31 bits per heavy atom. The molecule has 0 saturated carbocycles. The van der Waals surface area contributed by atoms with Gasteiger partial charge in [-0.1, -0.05) is 11.8 Å². The van der Waals surface area contributed by atoms with E-state index in [0.29, 0.717) is 0 Å². The van der Waals surface area contributed by atoms with E-state index in [1.807, 2.05) is 19.1 Å². The minimum Gasteiger partial charge on any atom is -0.496 e. The molecule has 86 valence electrons. The summed E-state index contributed by atoms with van der Waals surface area (Å²) in [5.41, 5.74) is 7.58. The van der Waals surface area contributed by atoms with Crippen molar-refractivity contribution in [1.29, 1.82) is 0 Å². The Hall–Kier alpha value is -1.46. The molecule has 0 spiro atoms. The first kappa shape index (κ1) is 12.6. The van der Waals surface area contributed by atoms with Crippen molar-refractivity contribution in [3.05, 3.63) is 29.3 Å². The Bertz CT molecular complexity index is 387. The van der Waals surface area contributed by atoms with E-state index in [1.165, 1.54) is 0 Å². The van der Waals surface area contributed by atoms with Crippen LogP contribution >= 0.6 is 0 Å². The van der Waals surface area contributed by atoms with Crippen LogP contribution in [0.5, 0.6) is 5.75 Å². The number of aryl methyl sites for hydroxylation is 1. The van der Waals surface area contributed by atoms with Crippen LogP contribution in [0.1, 0.15) is 30.4 Å². The predicted octanol–water partition coefficient (Wildman–Crippen LogP) is 2.48. The lowest BCUT2D eigenvalue weighted by molar-refractivity contribution is 0.411. The first-order valence-electron chi connectivity index (χ1n) is 5.61. The number of methoxy groups -OCH3 is 1. The van der Waals surface area contributed by atoms with E-state index in [-0.39, 0.29) is 0 Å². The summed E-state index contributed by atoms with van der Waals surface area (Å²) in [4.78, 5) is 0. The molecule has 0 aromatic heterocycles. The summed E-state index contributed by atoms with van der Waals surface area (Å²) in [7, 11) is 1.68. The predicted molar refractivity (Wildman–Crippen MR) is 67.5 cm³/mol. The zero-order chi connectivity index (χ0) is 11.8. The molecular weight excluding hydrogens is 198 g/mol. The van der Waals surface area contributed by atoms with Crippen LogP contribution < -0.4 is 10.5 Å². The van der Waals surface area contributed by atoms with Gasteiger partial charge < -0.3 is 10.5 Å². The fourth-order valence-corrected chi connectivity index (χ4v) is 1.48. The molecule has 0 amide bonds. The van der Waals surface area contributed by atoms with E-state index >= 15 is 0 Å². The summed E-state index contributed by atoms with van der Waals surface area (Å²) in [5.74, 6) is 7.21. The third-order valence-corrected chi connectivity index (χ3v) is 2.38. The van der Waals surface area contributed by atoms with Crippen LogP contribution in [-0.4, -0.2) is 13.7 Å². The molecule has 0 bridgehead atoms. The van der Waals surface area contributed by atoms with Crippen molar-refractivity contribution in [2.45, 2.75) is 26.2 Å². The maximum absolute atomic E-state index is 5.41. The van der Waals surface area contributed by atoms with E-state index < -0.39 is 0 Å². The molecule has 1 aromatic rings. The van der Waals surface area contributed by atoms with Gasteiger partial charge in [0.25, 0.3) is 0 Å². The molecule has 0 aliphatic heterocycles. The SMILES string of the molecule is COc1ccc(C#CCCCCN)cc1C. The summed E-state index contributed by atoms with van der Waals surface area (Å²) in [6.07, 6.45) is 3.05. The highest BCUT2D eigenvalue weighted by molar-refractivity contribution is 5.43. The Morgan fingerprint density at radius 3 is 2.75 bits per heavy atom. The van der Waals surface area contributed by atoms with Crippen molar-refractivity contribution in [3.63, 3.8) is 0 Å². The smallest absolute Gasteiger partial charge is 0.121 e. The van der Waals surface area contributed by atoms with Gasteiger partial charge in [0.1, 0.15) is 5.75 Å². The molecule has 2 heteroatoms. The summed E-state index contributed by atoms with van der Waals surface area (Å²) in [5, 5.41) is 0. The van der Waals surface area contributed by atoms with Gasteiger partial charge in [-0.15, -0.1) is 0 Å². The number of ether oxygens (including phenoxy) is 1. The van der Waals surface area contributed by atoms with Crippen molar-refractivity contribution < 1.29 is 4.74 Å². The van der Waals surface area contributed by atoms with Crippen LogP contribution in [0, 0.1) is 18.8 Å². The number of hydrogen-bond acceptors (Lipinski definition) is 2. The van der Waals surface area contributed by atoms with Crippen molar-refractivity contribution in [1.82, 2.24) is 0 Å². The number of unbranched alkanes of at least 4 members (excludes halogenated alkanes) is 2. The molecule has 2 N–H and O–H groups in total. The van der Waals surface area contributed by atoms with Crippen molar-refractivity contribution in [3.8, 4) is 17.6 Å². The van der Waals surface area contributed by atoms with Crippen LogP contribution in [0.3, 0.4) is 0 Å². The third-order valence-electron chi connectivity index (χ3n) is 2.38. The minimum atomic E-state index is 0.753. The topological polar surface area (TPSA) is 35.2 Å². The molecule has 1 rings (SSSR count). The highest BCUT2D eigenvalue weighted by Gasteiger charge is 1.96. The van der Waals surface area contributed by atoms with Crippen molar-refractivity contribution in [2.75, 3.05) is 13.7 Å². The molecule has 2 nitrogen and oxygen atoms in total. The lowest BCUT2D eigenvalue weighted by Gasteiger charge is -2.03. The minimum absolute atomic E-state index is 0.753. The van der Waals surface area contributed by atoms with Gasteiger partial charge in [-0.25, -0.2) is 0 Å². The largest absolute Gasteiger partial charge is 0.496 e. The van der Waals surface area contributed by atoms with E-state index in [2.05, 4.69) is 17.9 Å². The van der Waals surface area contributed by atoms with Gasteiger partial charge >= 0.3 is 0 Å². The quantitative estimate of drug-likeness (QED) is 0.621. The average molecular weight is 217 g/mol. The Labute approximate surface area is 97.8 Å². The average Bonchev–Trinajstić information content (AvgIpc) is 2.29. The second kappa shape index (κ2) is 6.92. The molecule has 16 heavy (non-hydrogen) atoms. The van der Waals surface area contributed by atoms with Crippen molar-refractivity contribution in [2.24, 2.45) is 5.73 Å². The summed E-state index contributed by atoms with van der Waals surface area (Å²) < 4.78 is 5.20. The zero-order valence-electron chi connectivity index (χ0n) is 10.0. The van der Waals surface area contributed by atoms with Crippen molar-refractivity contribution >= 4 is 0 Å². The summed E-state index contributed by atoms with van der Waals surface area (Å²) in [6.45, 7) is 2.78. The highest BCUT2D eigenvalue weighted by atomic mass is 16.5. The van der Waals surface area contributed by atoms with Crippen LogP contribution in [0.15, 0.2) is 18.2 Å². The van der Waals surface area contributed by atoms with Crippen LogP contribution in [0.25, 0.3) is 0 Å². The lowest BCUT2D eigenvalue weighted by atomic mass is 10.1. The molecule has 1 aromatic carbocycles. The number of benzene rings is 1. The Morgan fingerprint density at radius 2 is 2.12 bits per heavy atom. The molecular formula is C14H19NO. The van der Waals surface area contributed by atoms with E-state index in [4.69, 9.17) is 10.5 Å². The van der Waals surface area contributed by atoms with Gasteiger partial charge in [0.2, 0.25) is 0 Å². The Balaban J connectivity index is 2.57. The first-order chi connectivity index (χ1) is 7.77. The molecule has 0 atom stereocenters. The van der Waals surface area contributed by atoms with Gasteiger partial charge in [-0.3, -0.25) is 0 Å². The molecule has 0 unspecified atom stereocenters. The first-order valence-corrected chi connectivity index (χ1v) is 5.61. The molecule has 0 saturated heterocycles. The van der Waals surface area contributed by atoms with Gasteiger partial charge in [0.05, 0.1) is 7.11 Å². The van der Waals surface area contributed by atoms with E-state index in [0.717, 1.165) is 42.7 Å². The van der Waals surface area contributed by atoms with Gasteiger partial charge in [0, 0.05) is 12.0 Å². The fraction of sp³-hybridized carbons (Fsp3) is 0.429. The number of hydrogen-bond donors (Lipinski definition) is 1. The fourth-order valence-electron chi connectivity index (χ4n) is 1.48. The van der Waals surface area contributed by atoms with E-state index in [1.54, 1.807) is 7.11 Å². The molecule has 0 fully saturated rings. The standard InChI is InChI=1S/C14H19NO/c1-12-11-13(8-9-14(12)16-2)7-5-3-4-6-10-15/h8-9,11H,3-4,6,10,15H2,1-2H3. The number of nitrogens with two attached hydrogens (primary N) is 1. The van der Waals surface area contributed by atoms with E-state index in [9.17, 15) is 0 Å². The highest BCUT2D eigenvalue weighted by Crippen LogP contribution is 2.17. The van der Waals surface area contributed by atoms with Crippen LogP contribution in [-0.2, 0) is 0 Å². The van der Waals surface area contributed by atoms with Crippen LogP contribution in [0.4, 0.5) is 0 Å². The zero-order valence-corrected chi connectivity index (χ0v) is 10.0. The maximum Gasteiger partial charge on any atom is 0.121 e. The third kappa shape index (κ3) is 3.96. The second-order valence-electron chi connectivity index (χ2n) is 3.73. The molecule has 0 aliphatic carbocycles. The maximum atomic E-state index is 5.41. The molecule has 0 heterocycles. The normalized spacial score (nSPS) is 9.44. The number of rotatable bonds is 4. The summed E-state index contributed by atoms with van der Waals surface area (Å²) in [6, 6.07) is 6.00. The summed E-state index contributed by atoms with van der Waals surface area (Å²) >= 11 is 0. The lowest BCUT2D eigenvalue weighted by Crippen LogP contribution is -1.96. The van der Waals surface area contributed by atoms with Crippen LogP contribution in [0.2, 0.25) is 0 Å². The van der Waals surface area contributed by atoms with Gasteiger partial charge in [-0.2, -0.15) is 0 Å². The van der Waals surface area contributed by atoms with Gasteiger partial charge in [-0.05, 0) is 50.1 Å². The van der Waals surface area contributed by atoms with Gasteiger partial charge in [0.15, 0.2) is 0 Å². The monoisotopic (exact) mass is 217 g/mol. The molecule has 0 radical (unpaired) electrons. The Kier molecular flexibility index (Phi) is 5.45. The molecule has 0 aliphatic rings.